The first-order valence-electron chi connectivity index (χ1n) is 12.7. The molecule has 4 aliphatic carbocycles. The van der Waals surface area contributed by atoms with Crippen LogP contribution in [0.4, 0.5) is 0 Å². The monoisotopic (exact) mass is 438 g/mol. The third kappa shape index (κ3) is 3.36. The Hall–Kier alpha value is -1.68. The number of rotatable bonds is 3. The van der Waals surface area contributed by atoms with Crippen molar-refractivity contribution in [3.63, 3.8) is 0 Å². The Morgan fingerprint density at radius 3 is 2.34 bits per heavy atom. The zero-order valence-electron chi connectivity index (χ0n) is 19.8. The molecule has 4 fully saturated rings. The molecule has 1 aromatic rings. The molecule has 4 saturated carbocycles. The zero-order valence-corrected chi connectivity index (χ0v) is 19.8. The summed E-state index contributed by atoms with van der Waals surface area (Å²) in [7, 11) is 0. The Labute approximate surface area is 192 Å². The van der Waals surface area contributed by atoms with Gasteiger partial charge in [0, 0.05) is 5.92 Å². The molecule has 5 rings (SSSR count). The summed E-state index contributed by atoms with van der Waals surface area (Å²) in [5, 5.41) is 11.4. The molecular formula is C28H38O4. The second-order valence-electron chi connectivity index (χ2n) is 11.7. The van der Waals surface area contributed by atoms with E-state index in [0.717, 1.165) is 51.4 Å². The van der Waals surface area contributed by atoms with Crippen LogP contribution in [0.25, 0.3) is 0 Å². The number of aliphatic hydroxyl groups excluding tert-OH is 1. The molecule has 4 aliphatic rings. The normalized spacial score (nSPS) is 45.3. The smallest absolute Gasteiger partial charge is 0.338 e. The lowest BCUT2D eigenvalue weighted by atomic mass is 9.44. The number of hydrogen-bond acceptors (Lipinski definition) is 4. The molecule has 4 nitrogen and oxygen atoms in total. The standard InChI is InChI=1S/C28H38O4/c1-17(29)21-9-10-22-25-23(12-14-28(21,22)3)27(2)13-11-20(15-19(27)16-24(25)30)32-26(31)18-7-5-4-6-8-18/h4-8,19-25,30H,9-16H2,1-3H3/t19?,20?,21-,22+,23+,24?,25+,27+,28-/m1/s1. The van der Waals surface area contributed by atoms with Crippen LogP contribution in [0.15, 0.2) is 30.3 Å². The van der Waals surface area contributed by atoms with E-state index in [-0.39, 0.29) is 34.9 Å². The van der Waals surface area contributed by atoms with Gasteiger partial charge in [-0.2, -0.15) is 0 Å². The van der Waals surface area contributed by atoms with Gasteiger partial charge in [-0.3, -0.25) is 4.79 Å². The first kappa shape index (κ1) is 22.1. The maximum atomic E-state index is 12.6. The average molecular weight is 439 g/mol. The van der Waals surface area contributed by atoms with Crippen molar-refractivity contribution in [1.82, 2.24) is 0 Å². The van der Waals surface area contributed by atoms with Crippen molar-refractivity contribution in [2.24, 2.45) is 40.4 Å². The number of ether oxygens (including phenoxy) is 1. The van der Waals surface area contributed by atoms with Gasteiger partial charge >= 0.3 is 5.97 Å². The quantitative estimate of drug-likeness (QED) is 0.639. The van der Waals surface area contributed by atoms with E-state index in [9.17, 15) is 14.7 Å². The van der Waals surface area contributed by atoms with Crippen LogP contribution in [0.1, 0.15) is 82.5 Å². The number of carbonyl (C=O) groups excluding carboxylic acids is 2. The van der Waals surface area contributed by atoms with Gasteiger partial charge in [0.15, 0.2) is 0 Å². The Balaban J connectivity index is 1.32. The molecule has 0 amide bonds. The zero-order chi connectivity index (χ0) is 22.7. The SMILES string of the molecule is CC(=O)[C@H]1CC[C@H]2[C@@H]3C(O)CC4CC(OC(=O)c5ccccc5)CC[C@]4(C)[C@H]3CC[C@]12C. The second kappa shape index (κ2) is 7.97. The van der Waals surface area contributed by atoms with Gasteiger partial charge in [0.1, 0.15) is 11.9 Å². The van der Waals surface area contributed by atoms with Gasteiger partial charge in [-0.25, -0.2) is 4.79 Å². The predicted octanol–water partition coefficient (Wildman–Crippen LogP) is 5.43. The van der Waals surface area contributed by atoms with Gasteiger partial charge in [-0.05, 0) is 105 Å². The van der Waals surface area contributed by atoms with Crippen LogP contribution in [-0.4, -0.2) is 29.1 Å². The van der Waals surface area contributed by atoms with Crippen molar-refractivity contribution >= 4 is 11.8 Å². The summed E-state index contributed by atoms with van der Waals surface area (Å²) in [6.07, 6.45) is 7.53. The molecule has 0 aliphatic heterocycles. The van der Waals surface area contributed by atoms with E-state index >= 15 is 0 Å². The molecule has 1 N–H and O–H groups in total. The average Bonchev–Trinajstić information content (AvgIpc) is 3.13. The molecular weight excluding hydrogens is 400 g/mol. The van der Waals surface area contributed by atoms with Crippen LogP contribution in [0.2, 0.25) is 0 Å². The van der Waals surface area contributed by atoms with Gasteiger partial charge in [0.05, 0.1) is 11.7 Å². The minimum Gasteiger partial charge on any atom is -0.459 e. The van der Waals surface area contributed by atoms with Gasteiger partial charge in [-0.15, -0.1) is 0 Å². The van der Waals surface area contributed by atoms with Crippen molar-refractivity contribution in [3.05, 3.63) is 35.9 Å². The van der Waals surface area contributed by atoms with Gasteiger partial charge in [0.25, 0.3) is 0 Å². The first-order chi connectivity index (χ1) is 15.2. The summed E-state index contributed by atoms with van der Waals surface area (Å²) in [4.78, 5) is 25.0. The largest absolute Gasteiger partial charge is 0.459 e. The van der Waals surface area contributed by atoms with Crippen LogP contribution >= 0.6 is 0 Å². The van der Waals surface area contributed by atoms with Crippen LogP contribution in [0.5, 0.6) is 0 Å². The highest BCUT2D eigenvalue weighted by molar-refractivity contribution is 5.89. The highest BCUT2D eigenvalue weighted by atomic mass is 16.5. The fourth-order valence-corrected chi connectivity index (χ4v) is 8.75. The second-order valence-corrected chi connectivity index (χ2v) is 11.7. The number of aliphatic hydroxyl groups is 1. The molecule has 3 unspecified atom stereocenters. The van der Waals surface area contributed by atoms with Crippen molar-refractivity contribution in [1.29, 1.82) is 0 Å². The third-order valence-corrected chi connectivity index (χ3v) is 10.4. The van der Waals surface area contributed by atoms with Gasteiger partial charge in [-0.1, -0.05) is 32.0 Å². The molecule has 32 heavy (non-hydrogen) atoms. The van der Waals surface area contributed by atoms with Gasteiger partial charge < -0.3 is 9.84 Å². The lowest BCUT2D eigenvalue weighted by Gasteiger charge is -2.62. The maximum absolute atomic E-state index is 12.6. The molecule has 1 aromatic carbocycles. The van der Waals surface area contributed by atoms with Gasteiger partial charge in [0.2, 0.25) is 0 Å². The third-order valence-electron chi connectivity index (χ3n) is 10.4. The number of fused-ring (bicyclic) bond motifs is 5. The number of esters is 1. The van der Waals surface area contributed by atoms with Crippen LogP contribution in [0.3, 0.4) is 0 Å². The van der Waals surface area contributed by atoms with Crippen molar-refractivity contribution in [3.8, 4) is 0 Å². The highest BCUT2D eigenvalue weighted by Gasteiger charge is 2.63. The summed E-state index contributed by atoms with van der Waals surface area (Å²) in [5.74, 6) is 1.92. The Morgan fingerprint density at radius 2 is 1.62 bits per heavy atom. The van der Waals surface area contributed by atoms with E-state index in [4.69, 9.17) is 4.74 Å². The lowest BCUT2D eigenvalue weighted by molar-refractivity contribution is -0.174. The molecule has 0 bridgehead atoms. The minimum absolute atomic E-state index is 0.0552. The number of carbonyl (C=O) groups is 2. The first-order valence-corrected chi connectivity index (χ1v) is 12.7. The molecule has 0 saturated heterocycles. The van der Waals surface area contributed by atoms with Crippen molar-refractivity contribution in [2.45, 2.75) is 84.3 Å². The Kier molecular flexibility index (Phi) is 5.51. The molecule has 0 aromatic heterocycles. The van der Waals surface area contributed by atoms with Crippen LogP contribution < -0.4 is 0 Å². The fraction of sp³-hybridized carbons (Fsp3) is 0.714. The van der Waals surface area contributed by atoms with E-state index in [0.29, 0.717) is 35.0 Å². The van der Waals surface area contributed by atoms with E-state index in [1.807, 2.05) is 18.2 Å². The summed E-state index contributed by atoms with van der Waals surface area (Å²) in [6, 6.07) is 9.24. The molecule has 4 heteroatoms. The highest BCUT2D eigenvalue weighted by Crippen LogP contribution is 2.67. The van der Waals surface area contributed by atoms with Crippen LogP contribution in [-0.2, 0) is 9.53 Å². The summed E-state index contributed by atoms with van der Waals surface area (Å²) in [6.45, 7) is 6.53. The van der Waals surface area contributed by atoms with Crippen LogP contribution in [0, 0.1) is 40.4 Å². The topological polar surface area (TPSA) is 63.6 Å². The number of benzene rings is 1. The fourth-order valence-electron chi connectivity index (χ4n) is 8.75. The molecule has 0 heterocycles. The molecule has 0 radical (unpaired) electrons. The minimum atomic E-state index is -0.308. The Bertz CT molecular complexity index is 881. The van der Waals surface area contributed by atoms with E-state index in [2.05, 4.69) is 13.8 Å². The lowest BCUT2D eigenvalue weighted by Crippen LogP contribution is -2.58. The molecule has 0 spiro atoms. The van der Waals surface area contributed by atoms with Crippen molar-refractivity contribution < 1.29 is 19.4 Å². The Morgan fingerprint density at radius 1 is 0.938 bits per heavy atom. The summed E-state index contributed by atoms with van der Waals surface area (Å²) >= 11 is 0. The predicted molar refractivity (Wildman–Crippen MR) is 123 cm³/mol. The molecule has 9 atom stereocenters. The number of Topliss-reactive ketones (excluding diaryl/α,β-unsaturated/α-hetero) is 1. The van der Waals surface area contributed by atoms with E-state index < -0.39 is 0 Å². The maximum Gasteiger partial charge on any atom is 0.338 e. The molecule has 174 valence electrons. The number of hydrogen-bond donors (Lipinski definition) is 1. The van der Waals surface area contributed by atoms with E-state index in [1.54, 1.807) is 19.1 Å². The summed E-state index contributed by atoms with van der Waals surface area (Å²) < 4.78 is 5.91. The summed E-state index contributed by atoms with van der Waals surface area (Å²) in [5.41, 5.74) is 0.854. The number of ketones is 1. The van der Waals surface area contributed by atoms with Crippen molar-refractivity contribution in [2.75, 3.05) is 0 Å². The van der Waals surface area contributed by atoms with E-state index in [1.165, 1.54) is 0 Å².